The molecule has 1 fully saturated rings. The van der Waals surface area contributed by atoms with Crippen molar-refractivity contribution in [2.45, 2.75) is 103 Å². The minimum absolute atomic E-state index is 0.00671. The molecule has 1 aromatic rings. The summed E-state index contributed by atoms with van der Waals surface area (Å²) >= 11 is 0. The topological polar surface area (TPSA) is 66.9 Å². The Labute approximate surface area is 215 Å². The van der Waals surface area contributed by atoms with Crippen molar-refractivity contribution < 1.29 is 36.7 Å². The summed E-state index contributed by atoms with van der Waals surface area (Å²) in [6, 6.07) is 1.37. The van der Waals surface area contributed by atoms with Crippen molar-refractivity contribution in [2.75, 3.05) is 18.1 Å². The number of fused-ring (bicyclic) bond motifs is 1. The van der Waals surface area contributed by atoms with Gasteiger partial charge in [0.1, 0.15) is 11.5 Å². The molecule has 0 unspecified atom stereocenters. The van der Waals surface area contributed by atoms with Gasteiger partial charge < -0.3 is 14.5 Å². The van der Waals surface area contributed by atoms with Crippen molar-refractivity contribution in [3.8, 4) is 5.75 Å². The second-order valence-corrected chi connectivity index (χ2v) is 10.6. The molecule has 0 spiro atoms. The van der Waals surface area contributed by atoms with Crippen molar-refractivity contribution in [3.63, 3.8) is 0 Å². The lowest BCUT2D eigenvalue weighted by molar-refractivity contribution is -0.138. The Bertz CT molecular complexity index is 1020. The van der Waals surface area contributed by atoms with Crippen LogP contribution in [0.2, 0.25) is 0 Å². The second kappa shape index (κ2) is 11.4. The molecule has 1 saturated carbocycles. The molecule has 1 aromatic carbocycles. The molecule has 0 saturated heterocycles. The van der Waals surface area contributed by atoms with E-state index in [9.17, 15) is 31.9 Å². The Morgan fingerprint density at radius 3 is 2.35 bits per heavy atom. The van der Waals surface area contributed by atoms with E-state index < -0.39 is 41.4 Å². The minimum Gasteiger partial charge on any atom is -0.476 e. The van der Waals surface area contributed by atoms with E-state index in [4.69, 9.17) is 4.74 Å². The highest BCUT2D eigenvalue weighted by molar-refractivity contribution is 6.05. The first-order valence-electron chi connectivity index (χ1n) is 12.9. The van der Waals surface area contributed by atoms with E-state index in [0.717, 1.165) is 44.2 Å². The third kappa shape index (κ3) is 6.44. The predicted octanol–water partition coefficient (Wildman–Crippen LogP) is 6.10. The van der Waals surface area contributed by atoms with E-state index in [1.54, 1.807) is 13.8 Å². The Balaban J connectivity index is 2.08. The Morgan fingerprint density at radius 1 is 1.14 bits per heavy atom. The molecule has 10 heteroatoms. The first-order valence-corrected chi connectivity index (χ1v) is 12.9. The van der Waals surface area contributed by atoms with Crippen LogP contribution in [-0.2, 0) is 15.8 Å². The fraction of sp³-hybridized carbons (Fsp3) is 0.667. The zero-order valence-corrected chi connectivity index (χ0v) is 21.9. The number of hydrogen-bond acceptors (Lipinski definition) is 4. The van der Waals surface area contributed by atoms with Gasteiger partial charge in [-0.3, -0.25) is 18.8 Å². The highest BCUT2D eigenvalue weighted by Gasteiger charge is 2.45. The number of nitrogens with zero attached hydrogens (tertiary/aromatic N) is 2. The third-order valence-corrected chi connectivity index (χ3v) is 7.01. The average molecular weight is 529 g/mol. The van der Waals surface area contributed by atoms with Gasteiger partial charge in [-0.05, 0) is 59.1 Å². The van der Waals surface area contributed by atoms with Gasteiger partial charge >= 0.3 is 6.18 Å². The summed E-state index contributed by atoms with van der Waals surface area (Å²) in [5, 5.41) is 0. The standard InChI is InChI=1S/C27H36F4N2O4/c1-17(2)33(18-9-6-5-7-10-18)24(35)20-15-22-23(16-21(20)27(29,30)31)37-26(3,4)25(36)32(22)14-12-19(34)11-8-13-28/h15-18H,5-14H2,1-4H3. The molecule has 2 amide bonds. The molecule has 1 heterocycles. The molecule has 3 rings (SSSR count). The average Bonchev–Trinajstić information content (AvgIpc) is 2.82. The van der Waals surface area contributed by atoms with E-state index in [0.29, 0.717) is 0 Å². The number of halogens is 4. The maximum absolute atomic E-state index is 14.2. The van der Waals surface area contributed by atoms with Crippen LogP contribution >= 0.6 is 0 Å². The quantitative estimate of drug-likeness (QED) is 0.363. The number of carbonyl (C=O) groups is 3. The van der Waals surface area contributed by atoms with Crippen LogP contribution in [0.15, 0.2) is 12.1 Å². The van der Waals surface area contributed by atoms with Gasteiger partial charge in [0.15, 0.2) is 5.60 Å². The van der Waals surface area contributed by atoms with Crippen LogP contribution in [0, 0.1) is 0 Å². The lowest BCUT2D eigenvalue weighted by Crippen LogP contribution is -2.53. The van der Waals surface area contributed by atoms with E-state index >= 15 is 0 Å². The molecule has 0 atom stereocenters. The first-order chi connectivity index (χ1) is 17.3. The van der Waals surface area contributed by atoms with Crippen LogP contribution in [0.1, 0.15) is 95.0 Å². The highest BCUT2D eigenvalue weighted by Crippen LogP contribution is 2.44. The summed E-state index contributed by atoms with van der Waals surface area (Å²) in [6.07, 6.45) is -0.582. The fourth-order valence-electron chi connectivity index (χ4n) is 5.19. The van der Waals surface area contributed by atoms with E-state index in [1.807, 2.05) is 0 Å². The van der Waals surface area contributed by atoms with E-state index in [-0.39, 0.29) is 55.1 Å². The predicted molar refractivity (Wildman–Crippen MR) is 132 cm³/mol. The van der Waals surface area contributed by atoms with Gasteiger partial charge in [0.05, 0.1) is 23.5 Å². The summed E-state index contributed by atoms with van der Waals surface area (Å²) in [4.78, 5) is 41.8. The van der Waals surface area contributed by atoms with E-state index in [2.05, 4.69) is 0 Å². The molecule has 2 aliphatic rings. The van der Waals surface area contributed by atoms with Gasteiger partial charge in [-0.2, -0.15) is 13.2 Å². The van der Waals surface area contributed by atoms with Crippen molar-refractivity contribution in [3.05, 3.63) is 23.3 Å². The van der Waals surface area contributed by atoms with Crippen LogP contribution in [-0.4, -0.2) is 53.4 Å². The number of ether oxygens (including phenoxy) is 1. The molecule has 206 valence electrons. The summed E-state index contributed by atoms with van der Waals surface area (Å²) in [7, 11) is 0. The number of carbonyl (C=O) groups excluding carboxylic acids is 3. The van der Waals surface area contributed by atoms with Crippen LogP contribution in [0.3, 0.4) is 0 Å². The van der Waals surface area contributed by atoms with E-state index in [1.165, 1.54) is 23.6 Å². The molecule has 6 nitrogen and oxygen atoms in total. The number of ketones is 1. The number of rotatable bonds is 9. The van der Waals surface area contributed by atoms with Crippen LogP contribution in [0.5, 0.6) is 5.75 Å². The molecule has 0 N–H and O–H groups in total. The number of hydrogen-bond donors (Lipinski definition) is 0. The minimum atomic E-state index is -4.84. The van der Waals surface area contributed by atoms with Gasteiger partial charge in [0.2, 0.25) is 0 Å². The highest BCUT2D eigenvalue weighted by atomic mass is 19.4. The van der Waals surface area contributed by atoms with Crippen molar-refractivity contribution in [1.29, 1.82) is 0 Å². The zero-order valence-electron chi connectivity index (χ0n) is 21.9. The molecular weight excluding hydrogens is 492 g/mol. The van der Waals surface area contributed by atoms with Crippen LogP contribution in [0.25, 0.3) is 0 Å². The SMILES string of the molecule is CC(C)N(C(=O)c1cc2c(cc1C(F)(F)F)OC(C)(C)C(=O)N2CCC(=O)CCCF)C1CCCCC1. The number of anilines is 1. The molecule has 37 heavy (non-hydrogen) atoms. The van der Waals surface area contributed by atoms with Gasteiger partial charge in [-0.25, -0.2) is 0 Å². The second-order valence-electron chi connectivity index (χ2n) is 10.6. The number of amides is 2. The normalized spacial score (nSPS) is 18.0. The third-order valence-electron chi connectivity index (χ3n) is 7.01. The molecule has 1 aliphatic carbocycles. The Morgan fingerprint density at radius 2 is 1.78 bits per heavy atom. The Hall–Kier alpha value is -2.65. The summed E-state index contributed by atoms with van der Waals surface area (Å²) in [6.45, 7) is 5.68. The number of Topliss-reactive ketones (excluding diaryl/α,β-unsaturated/α-hetero) is 1. The molecule has 0 aromatic heterocycles. The number of alkyl halides is 4. The molecule has 0 radical (unpaired) electrons. The monoisotopic (exact) mass is 528 g/mol. The van der Waals surface area contributed by atoms with Crippen molar-refractivity contribution in [1.82, 2.24) is 4.90 Å². The maximum atomic E-state index is 14.2. The summed E-state index contributed by atoms with van der Waals surface area (Å²) in [5.74, 6) is -1.72. The molecular formula is C27H36F4N2O4. The summed E-state index contributed by atoms with van der Waals surface area (Å²) in [5.41, 5.74) is -3.13. The van der Waals surface area contributed by atoms with Crippen LogP contribution < -0.4 is 9.64 Å². The lowest BCUT2D eigenvalue weighted by atomic mass is 9.92. The summed E-state index contributed by atoms with van der Waals surface area (Å²) < 4.78 is 60.9. The van der Waals surface area contributed by atoms with Gasteiger partial charge in [0, 0.05) is 31.5 Å². The van der Waals surface area contributed by atoms with Crippen LogP contribution in [0.4, 0.5) is 23.2 Å². The molecule has 0 bridgehead atoms. The zero-order chi connectivity index (χ0) is 27.5. The Kier molecular flexibility index (Phi) is 8.90. The maximum Gasteiger partial charge on any atom is 0.417 e. The van der Waals surface area contributed by atoms with Crippen molar-refractivity contribution in [2.24, 2.45) is 0 Å². The first kappa shape index (κ1) is 28.9. The number of benzene rings is 1. The van der Waals surface area contributed by atoms with Crippen molar-refractivity contribution >= 4 is 23.3 Å². The largest absolute Gasteiger partial charge is 0.476 e. The van der Waals surface area contributed by atoms with Gasteiger partial charge in [-0.15, -0.1) is 0 Å². The molecule has 1 aliphatic heterocycles. The van der Waals surface area contributed by atoms with Gasteiger partial charge in [-0.1, -0.05) is 19.3 Å². The lowest BCUT2D eigenvalue weighted by Gasteiger charge is -2.40. The smallest absolute Gasteiger partial charge is 0.417 e. The fourth-order valence-corrected chi connectivity index (χ4v) is 5.19. The van der Waals surface area contributed by atoms with Gasteiger partial charge in [0.25, 0.3) is 11.8 Å².